The highest BCUT2D eigenvalue weighted by atomic mass is 16.3. The first-order valence-corrected chi connectivity index (χ1v) is 8.56. The standard InChI is InChI=1S/C20H25N3O2/c1-3-23(4-2)18-9-8-17(19(24)14-18)11-13-22-20(25)10-7-16-6-5-12-21-15-16/h5-10,12,14-15,24H,3-4,11,13H2,1-2H3,(H,22,25)/b10-7+. The molecular weight excluding hydrogens is 314 g/mol. The number of carbonyl (C=O) groups excluding carboxylic acids is 1. The number of phenolic OH excluding ortho intramolecular Hbond substituents is 1. The van der Waals surface area contributed by atoms with E-state index in [9.17, 15) is 9.90 Å². The Morgan fingerprint density at radius 2 is 2.08 bits per heavy atom. The third-order valence-electron chi connectivity index (χ3n) is 4.00. The molecule has 5 heteroatoms. The number of aromatic hydroxyl groups is 1. The van der Waals surface area contributed by atoms with Crippen LogP contribution in [0.4, 0.5) is 5.69 Å². The molecule has 1 amide bonds. The molecule has 0 saturated heterocycles. The lowest BCUT2D eigenvalue weighted by Gasteiger charge is -2.21. The van der Waals surface area contributed by atoms with Gasteiger partial charge in [0.15, 0.2) is 0 Å². The zero-order valence-corrected chi connectivity index (χ0v) is 14.8. The van der Waals surface area contributed by atoms with Crippen LogP contribution in [0, 0.1) is 0 Å². The van der Waals surface area contributed by atoms with Crippen LogP contribution < -0.4 is 10.2 Å². The number of hydrogen-bond donors (Lipinski definition) is 2. The summed E-state index contributed by atoms with van der Waals surface area (Å²) in [5.41, 5.74) is 2.71. The topological polar surface area (TPSA) is 65.5 Å². The molecule has 1 aromatic heterocycles. The van der Waals surface area contributed by atoms with E-state index in [0.29, 0.717) is 13.0 Å². The van der Waals surface area contributed by atoms with E-state index < -0.39 is 0 Å². The van der Waals surface area contributed by atoms with Gasteiger partial charge in [-0.1, -0.05) is 12.1 Å². The van der Waals surface area contributed by atoms with Gasteiger partial charge in [-0.05, 0) is 49.6 Å². The number of carbonyl (C=O) groups is 1. The van der Waals surface area contributed by atoms with Crippen molar-refractivity contribution in [1.29, 1.82) is 0 Å². The van der Waals surface area contributed by atoms with E-state index in [1.165, 1.54) is 6.08 Å². The molecular formula is C20H25N3O2. The second-order valence-electron chi connectivity index (χ2n) is 5.65. The van der Waals surface area contributed by atoms with E-state index in [1.54, 1.807) is 24.5 Å². The highest BCUT2D eigenvalue weighted by Crippen LogP contribution is 2.24. The van der Waals surface area contributed by atoms with Crippen LogP contribution in [-0.4, -0.2) is 35.6 Å². The van der Waals surface area contributed by atoms with Gasteiger partial charge in [0.1, 0.15) is 5.75 Å². The van der Waals surface area contributed by atoms with Gasteiger partial charge >= 0.3 is 0 Å². The van der Waals surface area contributed by atoms with Crippen LogP contribution in [-0.2, 0) is 11.2 Å². The van der Waals surface area contributed by atoms with Crippen molar-refractivity contribution in [3.63, 3.8) is 0 Å². The molecule has 1 heterocycles. The molecule has 0 unspecified atom stereocenters. The normalized spacial score (nSPS) is 10.8. The molecule has 0 saturated carbocycles. The number of phenols is 1. The first-order valence-electron chi connectivity index (χ1n) is 8.56. The van der Waals surface area contributed by atoms with Crippen molar-refractivity contribution >= 4 is 17.7 Å². The summed E-state index contributed by atoms with van der Waals surface area (Å²) < 4.78 is 0. The lowest BCUT2D eigenvalue weighted by molar-refractivity contribution is -0.116. The largest absolute Gasteiger partial charge is 0.508 e. The quantitative estimate of drug-likeness (QED) is 0.726. The number of anilines is 1. The monoisotopic (exact) mass is 339 g/mol. The van der Waals surface area contributed by atoms with Gasteiger partial charge in [-0.25, -0.2) is 0 Å². The van der Waals surface area contributed by atoms with E-state index in [2.05, 4.69) is 29.0 Å². The first kappa shape index (κ1) is 18.5. The summed E-state index contributed by atoms with van der Waals surface area (Å²) >= 11 is 0. The summed E-state index contributed by atoms with van der Waals surface area (Å²) in [7, 11) is 0. The average molecular weight is 339 g/mol. The molecule has 0 bridgehead atoms. The van der Waals surface area contributed by atoms with Crippen molar-refractivity contribution < 1.29 is 9.90 Å². The predicted octanol–water partition coefficient (Wildman–Crippen LogP) is 3.01. The molecule has 0 aliphatic rings. The maximum atomic E-state index is 11.8. The Morgan fingerprint density at radius 3 is 2.72 bits per heavy atom. The maximum Gasteiger partial charge on any atom is 0.244 e. The molecule has 2 aromatic rings. The van der Waals surface area contributed by atoms with Crippen LogP contribution >= 0.6 is 0 Å². The third kappa shape index (κ3) is 5.64. The van der Waals surface area contributed by atoms with Crippen molar-refractivity contribution in [2.24, 2.45) is 0 Å². The van der Waals surface area contributed by atoms with Crippen LogP contribution in [0.1, 0.15) is 25.0 Å². The zero-order chi connectivity index (χ0) is 18.1. The Hall–Kier alpha value is -2.82. The minimum absolute atomic E-state index is 0.164. The second kappa shape index (κ2) is 9.47. The number of aromatic nitrogens is 1. The van der Waals surface area contributed by atoms with Gasteiger partial charge < -0.3 is 15.3 Å². The molecule has 2 N–H and O–H groups in total. The number of benzene rings is 1. The summed E-state index contributed by atoms with van der Waals surface area (Å²) in [6.07, 6.45) is 7.17. The van der Waals surface area contributed by atoms with Crippen LogP contribution in [0.2, 0.25) is 0 Å². The number of nitrogens with zero attached hydrogens (tertiary/aromatic N) is 2. The lowest BCUT2D eigenvalue weighted by Crippen LogP contribution is -2.24. The molecule has 0 atom stereocenters. The van der Waals surface area contributed by atoms with Crippen molar-refractivity contribution in [3.8, 4) is 5.75 Å². The van der Waals surface area contributed by atoms with Crippen LogP contribution in [0.15, 0.2) is 48.8 Å². The van der Waals surface area contributed by atoms with Gasteiger partial charge in [-0.2, -0.15) is 0 Å². The Kier molecular flexibility index (Phi) is 7.01. The molecule has 0 radical (unpaired) electrons. The van der Waals surface area contributed by atoms with Crippen LogP contribution in [0.3, 0.4) is 0 Å². The fraction of sp³-hybridized carbons (Fsp3) is 0.300. The van der Waals surface area contributed by atoms with Gasteiger partial charge in [0, 0.05) is 49.9 Å². The van der Waals surface area contributed by atoms with Crippen molar-refractivity contribution in [2.45, 2.75) is 20.3 Å². The number of amides is 1. The highest BCUT2D eigenvalue weighted by molar-refractivity contribution is 5.91. The Labute approximate surface area is 149 Å². The maximum absolute atomic E-state index is 11.8. The van der Waals surface area contributed by atoms with Crippen molar-refractivity contribution in [3.05, 3.63) is 59.9 Å². The van der Waals surface area contributed by atoms with Gasteiger partial charge in [0.05, 0.1) is 0 Å². The zero-order valence-electron chi connectivity index (χ0n) is 14.8. The fourth-order valence-electron chi connectivity index (χ4n) is 2.57. The molecule has 0 aliphatic carbocycles. The Balaban J connectivity index is 1.85. The molecule has 0 spiro atoms. The van der Waals surface area contributed by atoms with Gasteiger partial charge in [-0.3, -0.25) is 9.78 Å². The number of hydrogen-bond acceptors (Lipinski definition) is 4. The summed E-state index contributed by atoms with van der Waals surface area (Å²) in [6, 6.07) is 9.41. The Morgan fingerprint density at radius 1 is 1.28 bits per heavy atom. The smallest absolute Gasteiger partial charge is 0.244 e. The van der Waals surface area contributed by atoms with Gasteiger partial charge in [0.2, 0.25) is 5.91 Å². The van der Waals surface area contributed by atoms with Gasteiger partial charge in [-0.15, -0.1) is 0 Å². The van der Waals surface area contributed by atoms with Gasteiger partial charge in [0.25, 0.3) is 0 Å². The molecule has 132 valence electrons. The molecule has 0 fully saturated rings. The molecule has 0 aliphatic heterocycles. The van der Waals surface area contributed by atoms with Crippen LogP contribution in [0.5, 0.6) is 5.75 Å². The number of rotatable bonds is 8. The molecule has 5 nitrogen and oxygen atoms in total. The molecule has 2 rings (SSSR count). The molecule has 1 aromatic carbocycles. The van der Waals surface area contributed by atoms with Crippen LogP contribution in [0.25, 0.3) is 6.08 Å². The van der Waals surface area contributed by atoms with Crippen molar-refractivity contribution in [2.75, 3.05) is 24.5 Å². The van der Waals surface area contributed by atoms with E-state index in [1.807, 2.05) is 24.3 Å². The van der Waals surface area contributed by atoms with Crippen molar-refractivity contribution in [1.82, 2.24) is 10.3 Å². The summed E-state index contributed by atoms with van der Waals surface area (Å²) in [5.74, 6) is 0.104. The second-order valence-corrected chi connectivity index (χ2v) is 5.65. The van der Waals surface area contributed by atoms with E-state index in [4.69, 9.17) is 0 Å². The summed E-state index contributed by atoms with van der Waals surface area (Å²) in [5, 5.41) is 13.0. The van der Waals surface area contributed by atoms with E-state index in [0.717, 1.165) is 29.9 Å². The lowest BCUT2D eigenvalue weighted by atomic mass is 10.1. The Bertz CT molecular complexity index is 710. The number of pyridine rings is 1. The highest BCUT2D eigenvalue weighted by Gasteiger charge is 2.07. The SMILES string of the molecule is CCN(CC)c1ccc(CCNC(=O)/C=C/c2cccnc2)c(O)c1. The van der Waals surface area contributed by atoms with E-state index >= 15 is 0 Å². The fourth-order valence-corrected chi connectivity index (χ4v) is 2.57. The van der Waals surface area contributed by atoms with E-state index in [-0.39, 0.29) is 11.7 Å². The third-order valence-corrected chi connectivity index (χ3v) is 4.00. The summed E-state index contributed by atoms with van der Waals surface area (Å²) in [6.45, 7) is 6.43. The summed E-state index contributed by atoms with van der Waals surface area (Å²) in [4.78, 5) is 18.0. The molecule has 25 heavy (non-hydrogen) atoms. The predicted molar refractivity (Wildman–Crippen MR) is 102 cm³/mol. The average Bonchev–Trinajstić information content (AvgIpc) is 2.63. The first-order chi connectivity index (χ1) is 12.1. The minimum Gasteiger partial charge on any atom is -0.508 e. The number of nitrogens with one attached hydrogen (secondary N) is 1. The minimum atomic E-state index is -0.164.